The molecular weight excluding hydrogens is 294 g/mol. The number of rotatable bonds is 0. The highest BCUT2D eigenvalue weighted by atomic mass is 32.2. The molecule has 3 heteroatoms. The van der Waals surface area contributed by atoms with Crippen LogP contribution in [0, 0.1) is 0 Å². The van der Waals surface area contributed by atoms with Crippen molar-refractivity contribution in [1.29, 1.82) is 0 Å². The zero-order valence-electron chi connectivity index (χ0n) is 11.1. The van der Waals surface area contributed by atoms with Crippen molar-refractivity contribution in [3.05, 3.63) is 60.7 Å². The van der Waals surface area contributed by atoms with Gasteiger partial charge in [-0.3, -0.25) is 0 Å². The van der Waals surface area contributed by atoms with Crippen molar-refractivity contribution in [3.63, 3.8) is 0 Å². The lowest BCUT2D eigenvalue weighted by Gasteiger charge is -2.18. The van der Waals surface area contributed by atoms with E-state index in [0.717, 1.165) is 0 Å². The second-order valence-corrected chi connectivity index (χ2v) is 7.27. The SMILES string of the molecule is c1ccc2c(c1)Sc1ccc3[nH]c4ccccc4c3c1S2. The van der Waals surface area contributed by atoms with Crippen molar-refractivity contribution >= 4 is 45.3 Å². The van der Waals surface area contributed by atoms with Gasteiger partial charge in [0.2, 0.25) is 0 Å². The smallest absolute Gasteiger partial charge is 0.0477 e. The minimum Gasteiger partial charge on any atom is -0.354 e. The number of aromatic nitrogens is 1. The van der Waals surface area contributed by atoms with Crippen molar-refractivity contribution in [2.45, 2.75) is 19.6 Å². The number of fused-ring (bicyclic) bond motifs is 6. The number of benzene rings is 3. The van der Waals surface area contributed by atoms with Crippen LogP contribution in [-0.2, 0) is 0 Å². The van der Waals surface area contributed by atoms with Crippen LogP contribution in [0.4, 0.5) is 0 Å². The van der Waals surface area contributed by atoms with Crippen LogP contribution in [0.15, 0.2) is 80.2 Å². The third-order valence-corrected chi connectivity index (χ3v) is 6.47. The highest BCUT2D eigenvalue weighted by molar-refractivity contribution is 8.05. The Morgan fingerprint density at radius 1 is 0.619 bits per heavy atom. The zero-order chi connectivity index (χ0) is 13.8. The number of hydrogen-bond donors (Lipinski definition) is 1. The predicted molar refractivity (Wildman–Crippen MR) is 90.5 cm³/mol. The van der Waals surface area contributed by atoms with Crippen molar-refractivity contribution < 1.29 is 0 Å². The normalized spacial score (nSPS) is 13.3. The van der Waals surface area contributed by atoms with E-state index in [0.29, 0.717) is 0 Å². The van der Waals surface area contributed by atoms with Crippen LogP contribution in [0.5, 0.6) is 0 Å². The number of nitrogens with one attached hydrogen (secondary N) is 1. The van der Waals surface area contributed by atoms with Gasteiger partial charge in [0.15, 0.2) is 0 Å². The van der Waals surface area contributed by atoms with E-state index in [1.54, 1.807) is 0 Å². The molecule has 100 valence electrons. The van der Waals surface area contributed by atoms with Crippen LogP contribution in [-0.4, -0.2) is 4.98 Å². The molecule has 0 bridgehead atoms. The maximum Gasteiger partial charge on any atom is 0.0477 e. The van der Waals surface area contributed by atoms with Gasteiger partial charge >= 0.3 is 0 Å². The fraction of sp³-hybridized carbons (Fsp3) is 0. The molecule has 5 rings (SSSR count). The quantitative estimate of drug-likeness (QED) is 0.381. The molecule has 0 saturated heterocycles. The maximum absolute atomic E-state index is 3.53. The Balaban J connectivity index is 1.86. The van der Waals surface area contributed by atoms with Gasteiger partial charge in [0.05, 0.1) is 0 Å². The van der Waals surface area contributed by atoms with Gasteiger partial charge in [0, 0.05) is 41.4 Å². The Morgan fingerprint density at radius 3 is 2.29 bits per heavy atom. The van der Waals surface area contributed by atoms with Gasteiger partial charge in [0.25, 0.3) is 0 Å². The minimum absolute atomic E-state index is 1.21. The van der Waals surface area contributed by atoms with Crippen molar-refractivity contribution in [1.82, 2.24) is 4.98 Å². The Bertz CT molecular complexity index is 1000. The summed E-state index contributed by atoms with van der Waals surface area (Å²) in [6.45, 7) is 0. The molecule has 1 aromatic heterocycles. The summed E-state index contributed by atoms with van der Waals surface area (Å²) in [5.74, 6) is 0. The van der Waals surface area contributed by atoms with Gasteiger partial charge in [0.1, 0.15) is 0 Å². The molecule has 21 heavy (non-hydrogen) atoms. The molecule has 1 nitrogen and oxygen atoms in total. The molecule has 1 aliphatic heterocycles. The standard InChI is InChI=1S/C18H11NS2/c1-2-6-12-11(5-1)17-13(19-12)9-10-16-18(17)21-15-8-4-3-7-14(15)20-16/h1-10,19H. The van der Waals surface area contributed by atoms with Crippen LogP contribution >= 0.6 is 23.5 Å². The molecule has 0 saturated carbocycles. The molecule has 0 unspecified atom stereocenters. The first-order valence-corrected chi connectivity index (χ1v) is 8.51. The van der Waals surface area contributed by atoms with Gasteiger partial charge in [-0.2, -0.15) is 0 Å². The molecule has 1 N–H and O–H groups in total. The molecule has 0 radical (unpaired) electrons. The van der Waals surface area contributed by atoms with Crippen molar-refractivity contribution in [3.8, 4) is 0 Å². The van der Waals surface area contributed by atoms with Crippen LogP contribution in [0.25, 0.3) is 21.8 Å². The van der Waals surface area contributed by atoms with Gasteiger partial charge in [-0.1, -0.05) is 53.9 Å². The van der Waals surface area contributed by atoms with Crippen LogP contribution in [0.1, 0.15) is 0 Å². The van der Waals surface area contributed by atoms with E-state index < -0.39 is 0 Å². The predicted octanol–water partition coefficient (Wildman–Crippen LogP) is 5.94. The average Bonchev–Trinajstić information content (AvgIpc) is 2.92. The minimum atomic E-state index is 1.21. The summed E-state index contributed by atoms with van der Waals surface area (Å²) in [5, 5.41) is 2.67. The number of para-hydroxylation sites is 1. The highest BCUT2D eigenvalue weighted by Crippen LogP contribution is 2.51. The fourth-order valence-electron chi connectivity index (χ4n) is 2.92. The molecule has 4 aromatic rings. The number of H-pyrrole nitrogens is 1. The van der Waals surface area contributed by atoms with E-state index in [9.17, 15) is 0 Å². The van der Waals surface area contributed by atoms with E-state index in [-0.39, 0.29) is 0 Å². The lowest BCUT2D eigenvalue weighted by Crippen LogP contribution is -1.89. The van der Waals surface area contributed by atoms with E-state index >= 15 is 0 Å². The van der Waals surface area contributed by atoms with Gasteiger partial charge in [-0.05, 0) is 30.3 Å². The molecule has 0 amide bonds. The summed E-state index contributed by atoms with van der Waals surface area (Å²) in [5.41, 5.74) is 2.44. The summed E-state index contributed by atoms with van der Waals surface area (Å²) < 4.78 is 0. The summed E-state index contributed by atoms with van der Waals surface area (Å²) >= 11 is 3.77. The van der Waals surface area contributed by atoms with Crippen LogP contribution in [0.2, 0.25) is 0 Å². The fourth-order valence-corrected chi connectivity index (χ4v) is 5.33. The van der Waals surface area contributed by atoms with Gasteiger partial charge in [-0.15, -0.1) is 0 Å². The molecule has 0 atom stereocenters. The number of aromatic amines is 1. The molecule has 3 aromatic carbocycles. The molecule has 0 spiro atoms. The average molecular weight is 305 g/mol. The van der Waals surface area contributed by atoms with E-state index in [4.69, 9.17) is 0 Å². The lowest BCUT2D eigenvalue weighted by molar-refractivity contribution is 1.18. The Labute approximate surface area is 130 Å². The van der Waals surface area contributed by atoms with Crippen LogP contribution < -0.4 is 0 Å². The molecule has 0 fully saturated rings. The third-order valence-electron chi connectivity index (χ3n) is 3.87. The summed E-state index contributed by atoms with van der Waals surface area (Å²) in [6.07, 6.45) is 0. The van der Waals surface area contributed by atoms with E-state index in [2.05, 4.69) is 65.6 Å². The lowest BCUT2D eigenvalue weighted by atomic mass is 10.1. The van der Waals surface area contributed by atoms with E-state index in [1.807, 2.05) is 23.5 Å². The highest BCUT2D eigenvalue weighted by Gasteiger charge is 2.20. The zero-order valence-corrected chi connectivity index (χ0v) is 12.7. The molecule has 0 aliphatic carbocycles. The topological polar surface area (TPSA) is 15.8 Å². The largest absolute Gasteiger partial charge is 0.354 e. The Hall–Kier alpha value is -1.84. The molecule has 2 heterocycles. The summed E-state index contributed by atoms with van der Waals surface area (Å²) in [7, 11) is 0. The summed E-state index contributed by atoms with van der Waals surface area (Å²) in [4.78, 5) is 8.98. The molecule has 1 aliphatic rings. The Morgan fingerprint density at radius 2 is 1.38 bits per heavy atom. The van der Waals surface area contributed by atoms with Crippen molar-refractivity contribution in [2.75, 3.05) is 0 Å². The summed E-state index contributed by atoms with van der Waals surface area (Å²) in [6, 6.07) is 21.6. The maximum atomic E-state index is 3.53. The first-order valence-electron chi connectivity index (χ1n) is 6.88. The van der Waals surface area contributed by atoms with Gasteiger partial charge in [-0.25, -0.2) is 0 Å². The molecular formula is C18H11NS2. The van der Waals surface area contributed by atoms with Crippen LogP contribution in [0.3, 0.4) is 0 Å². The Kier molecular flexibility index (Phi) is 2.43. The van der Waals surface area contributed by atoms with E-state index in [1.165, 1.54) is 41.4 Å². The second kappa shape index (κ2) is 4.33. The first-order chi connectivity index (χ1) is 10.4. The monoisotopic (exact) mass is 305 g/mol. The van der Waals surface area contributed by atoms with Gasteiger partial charge < -0.3 is 4.98 Å². The second-order valence-electron chi connectivity index (χ2n) is 5.14. The van der Waals surface area contributed by atoms with Crippen molar-refractivity contribution in [2.24, 2.45) is 0 Å². The third kappa shape index (κ3) is 1.68. The number of hydrogen-bond acceptors (Lipinski definition) is 2. The first kappa shape index (κ1) is 11.8.